The van der Waals surface area contributed by atoms with Crippen LogP contribution in [0.2, 0.25) is 5.02 Å². The van der Waals surface area contributed by atoms with Crippen molar-refractivity contribution in [1.29, 1.82) is 0 Å². The third-order valence-corrected chi connectivity index (χ3v) is 3.53. The lowest BCUT2D eigenvalue weighted by Gasteiger charge is -2.14. The second kappa shape index (κ2) is 7.57. The van der Waals surface area contributed by atoms with Crippen LogP contribution < -0.4 is 10.6 Å². The average Bonchev–Trinajstić information content (AvgIpc) is 2.56. The van der Waals surface area contributed by atoms with Crippen LogP contribution in [0.25, 0.3) is 0 Å². The molecule has 9 heteroatoms. The number of amides is 2. The first kappa shape index (κ1) is 19.5. The Morgan fingerprint density at radius 3 is 2.04 bits per heavy atom. The fourth-order valence-electron chi connectivity index (χ4n) is 2.02. The molecule has 0 saturated heterocycles. The highest BCUT2D eigenvalue weighted by molar-refractivity contribution is 6.43. The lowest BCUT2D eigenvalue weighted by atomic mass is 10.1. The highest BCUT2D eigenvalue weighted by Gasteiger charge is 2.34. The summed E-state index contributed by atoms with van der Waals surface area (Å²) in [5, 5.41) is 3.98. The number of rotatable bonds is 3. The SMILES string of the molecule is CC(=O)c1ccc(NC(=O)C(=O)Nc2ccc(Cl)cc2C(F)(F)F)cc1. The number of hydrogen-bond donors (Lipinski definition) is 2. The molecule has 0 saturated carbocycles. The van der Waals surface area contributed by atoms with Gasteiger partial charge >= 0.3 is 18.0 Å². The largest absolute Gasteiger partial charge is 0.418 e. The molecular formula is C17H12ClF3N2O3. The smallest absolute Gasteiger partial charge is 0.318 e. The van der Waals surface area contributed by atoms with Gasteiger partial charge < -0.3 is 10.6 Å². The molecule has 0 aliphatic carbocycles. The van der Waals surface area contributed by atoms with Crippen molar-refractivity contribution in [1.82, 2.24) is 0 Å². The summed E-state index contributed by atoms with van der Waals surface area (Å²) in [5.74, 6) is -2.62. The molecule has 0 bridgehead atoms. The predicted molar refractivity (Wildman–Crippen MR) is 90.2 cm³/mol. The summed E-state index contributed by atoms with van der Waals surface area (Å²) < 4.78 is 39.0. The lowest BCUT2D eigenvalue weighted by molar-refractivity contribution is -0.137. The van der Waals surface area contributed by atoms with Gasteiger partial charge in [0.25, 0.3) is 0 Å². The zero-order chi connectivity index (χ0) is 19.5. The molecule has 0 heterocycles. The van der Waals surface area contributed by atoms with Gasteiger partial charge in [-0.05, 0) is 49.4 Å². The minimum absolute atomic E-state index is 0.162. The quantitative estimate of drug-likeness (QED) is 0.617. The summed E-state index contributed by atoms with van der Waals surface area (Å²) in [7, 11) is 0. The van der Waals surface area contributed by atoms with Gasteiger partial charge in [-0.3, -0.25) is 14.4 Å². The van der Waals surface area contributed by atoms with E-state index < -0.39 is 29.2 Å². The summed E-state index contributed by atoms with van der Waals surface area (Å²) >= 11 is 5.55. The molecule has 2 N–H and O–H groups in total. The second-order valence-corrected chi connectivity index (χ2v) is 5.67. The van der Waals surface area contributed by atoms with Crippen molar-refractivity contribution in [2.45, 2.75) is 13.1 Å². The summed E-state index contributed by atoms with van der Waals surface area (Å²) in [6, 6.07) is 8.43. The molecule has 2 rings (SSSR count). The van der Waals surface area contributed by atoms with Crippen molar-refractivity contribution < 1.29 is 27.6 Å². The van der Waals surface area contributed by atoms with Gasteiger partial charge in [0, 0.05) is 16.3 Å². The fraction of sp³-hybridized carbons (Fsp3) is 0.118. The van der Waals surface area contributed by atoms with E-state index in [2.05, 4.69) is 5.32 Å². The minimum atomic E-state index is -4.76. The number of benzene rings is 2. The van der Waals surface area contributed by atoms with Gasteiger partial charge in [-0.1, -0.05) is 11.6 Å². The van der Waals surface area contributed by atoms with Crippen molar-refractivity contribution in [2.24, 2.45) is 0 Å². The summed E-state index contributed by atoms with van der Waals surface area (Å²) in [6.45, 7) is 1.37. The summed E-state index contributed by atoms with van der Waals surface area (Å²) in [6.07, 6.45) is -4.76. The fourth-order valence-corrected chi connectivity index (χ4v) is 2.19. The molecule has 26 heavy (non-hydrogen) atoms. The van der Waals surface area contributed by atoms with Crippen LogP contribution in [-0.2, 0) is 15.8 Å². The van der Waals surface area contributed by atoms with Gasteiger partial charge in [-0.25, -0.2) is 0 Å². The molecule has 0 radical (unpaired) electrons. The monoisotopic (exact) mass is 384 g/mol. The first-order valence-electron chi connectivity index (χ1n) is 7.18. The molecule has 2 amide bonds. The van der Waals surface area contributed by atoms with E-state index in [9.17, 15) is 27.6 Å². The molecule has 0 aromatic heterocycles. The van der Waals surface area contributed by atoms with Crippen molar-refractivity contribution in [3.63, 3.8) is 0 Å². The standard InChI is InChI=1S/C17H12ClF3N2O3/c1-9(24)10-2-5-12(6-3-10)22-15(25)16(26)23-14-7-4-11(18)8-13(14)17(19,20)21/h2-8H,1H3,(H,22,25)(H,23,26). The van der Waals surface area contributed by atoms with E-state index in [1.54, 1.807) is 0 Å². The van der Waals surface area contributed by atoms with Crippen LogP contribution in [0.15, 0.2) is 42.5 Å². The van der Waals surface area contributed by atoms with Crippen LogP contribution in [0.5, 0.6) is 0 Å². The Morgan fingerprint density at radius 1 is 0.923 bits per heavy atom. The molecular weight excluding hydrogens is 373 g/mol. The Labute approximate surface area is 151 Å². The van der Waals surface area contributed by atoms with Gasteiger partial charge in [-0.2, -0.15) is 13.2 Å². The highest BCUT2D eigenvalue weighted by atomic mass is 35.5. The van der Waals surface area contributed by atoms with E-state index in [1.807, 2.05) is 5.32 Å². The Balaban J connectivity index is 2.12. The number of anilines is 2. The number of hydrogen-bond acceptors (Lipinski definition) is 3. The maximum atomic E-state index is 13.0. The van der Waals surface area contributed by atoms with Gasteiger partial charge in [0.2, 0.25) is 0 Å². The van der Waals surface area contributed by atoms with Gasteiger partial charge in [0.05, 0.1) is 11.3 Å². The van der Waals surface area contributed by atoms with Crippen molar-refractivity contribution in [2.75, 3.05) is 10.6 Å². The molecule has 0 unspecified atom stereocenters. The molecule has 0 aliphatic heterocycles. The zero-order valence-electron chi connectivity index (χ0n) is 13.3. The molecule has 2 aromatic rings. The number of halogens is 4. The number of alkyl halides is 3. The van der Waals surface area contributed by atoms with E-state index >= 15 is 0 Å². The number of Topliss-reactive ketones (excluding diaryl/α,β-unsaturated/α-hetero) is 1. The maximum absolute atomic E-state index is 13.0. The number of carbonyl (C=O) groups excluding carboxylic acids is 3. The third-order valence-electron chi connectivity index (χ3n) is 3.29. The Kier molecular flexibility index (Phi) is 5.66. The molecule has 5 nitrogen and oxygen atoms in total. The second-order valence-electron chi connectivity index (χ2n) is 5.23. The first-order chi connectivity index (χ1) is 12.1. The first-order valence-corrected chi connectivity index (χ1v) is 7.56. The van der Waals surface area contributed by atoms with Crippen LogP contribution in [0.1, 0.15) is 22.8 Å². The third kappa shape index (κ3) is 4.82. The van der Waals surface area contributed by atoms with Crippen LogP contribution in [0, 0.1) is 0 Å². The number of carbonyl (C=O) groups is 3. The van der Waals surface area contributed by atoms with E-state index in [0.717, 1.165) is 12.1 Å². The molecule has 0 fully saturated rings. The van der Waals surface area contributed by atoms with Gasteiger partial charge in [0.1, 0.15) is 0 Å². The molecule has 2 aromatic carbocycles. The predicted octanol–water partition coefficient (Wildman–Crippen LogP) is 4.14. The van der Waals surface area contributed by atoms with Crippen LogP contribution in [0.3, 0.4) is 0 Å². The Hall–Kier alpha value is -2.87. The van der Waals surface area contributed by atoms with Crippen molar-refractivity contribution >= 4 is 40.6 Å². The van der Waals surface area contributed by atoms with E-state index in [0.29, 0.717) is 11.6 Å². The number of nitrogens with one attached hydrogen (secondary N) is 2. The summed E-state index contributed by atoms with van der Waals surface area (Å²) in [4.78, 5) is 34.9. The zero-order valence-corrected chi connectivity index (χ0v) is 14.0. The molecule has 0 spiro atoms. The Morgan fingerprint density at radius 2 is 1.50 bits per heavy atom. The lowest BCUT2D eigenvalue weighted by Crippen LogP contribution is -2.30. The highest BCUT2D eigenvalue weighted by Crippen LogP contribution is 2.36. The van der Waals surface area contributed by atoms with Crippen LogP contribution in [0.4, 0.5) is 24.5 Å². The van der Waals surface area contributed by atoms with E-state index in [1.165, 1.54) is 31.2 Å². The van der Waals surface area contributed by atoms with Gasteiger partial charge in [0.15, 0.2) is 5.78 Å². The van der Waals surface area contributed by atoms with E-state index in [-0.39, 0.29) is 16.5 Å². The minimum Gasteiger partial charge on any atom is -0.318 e. The maximum Gasteiger partial charge on any atom is 0.418 e. The molecule has 136 valence electrons. The van der Waals surface area contributed by atoms with Gasteiger partial charge in [-0.15, -0.1) is 0 Å². The molecule has 0 atom stereocenters. The van der Waals surface area contributed by atoms with Crippen molar-refractivity contribution in [3.8, 4) is 0 Å². The van der Waals surface area contributed by atoms with E-state index in [4.69, 9.17) is 11.6 Å². The average molecular weight is 385 g/mol. The topological polar surface area (TPSA) is 75.3 Å². The normalized spacial score (nSPS) is 11.0. The van der Waals surface area contributed by atoms with Crippen LogP contribution >= 0.6 is 11.6 Å². The van der Waals surface area contributed by atoms with Crippen LogP contribution in [-0.4, -0.2) is 17.6 Å². The summed E-state index contributed by atoms with van der Waals surface area (Å²) in [5.41, 5.74) is -1.14. The Bertz CT molecular complexity index is 865. The van der Waals surface area contributed by atoms with Crippen molar-refractivity contribution in [3.05, 3.63) is 58.6 Å². The number of ketones is 1. The molecule has 0 aliphatic rings.